The van der Waals surface area contributed by atoms with Gasteiger partial charge in [0.05, 0.1) is 18.2 Å². The molecule has 0 radical (unpaired) electrons. The van der Waals surface area contributed by atoms with Crippen molar-refractivity contribution in [3.63, 3.8) is 0 Å². The van der Waals surface area contributed by atoms with Crippen molar-refractivity contribution in [1.82, 2.24) is 5.32 Å². The van der Waals surface area contributed by atoms with Crippen LogP contribution in [0.4, 0.5) is 17.6 Å². The Morgan fingerprint density at radius 3 is 2.28 bits per heavy atom. The molecule has 0 spiro atoms. The third kappa shape index (κ3) is 3.79. The molecular weight excluding hydrogens is 426 g/mol. The molecule has 1 N–H and O–H groups in total. The number of amides is 1. The minimum absolute atomic E-state index is 0.196. The standard InChI is InChI=1S/C24H17F4NO3/c1-29-23(30)21-18-11-14(17-12-15(24(26,27)28)6-10-19(17)31-2)5-9-20(18)32-22(21)13-3-7-16(25)8-4-13/h3-12H,1-2H3,(H,29,30). The second-order valence-corrected chi connectivity index (χ2v) is 7.02. The van der Waals surface area contributed by atoms with Crippen LogP contribution in [-0.4, -0.2) is 20.1 Å². The summed E-state index contributed by atoms with van der Waals surface area (Å²) >= 11 is 0. The van der Waals surface area contributed by atoms with Crippen molar-refractivity contribution in [2.45, 2.75) is 6.18 Å². The summed E-state index contributed by atoms with van der Waals surface area (Å²) in [4.78, 5) is 12.7. The average Bonchev–Trinajstić information content (AvgIpc) is 3.16. The van der Waals surface area contributed by atoms with Gasteiger partial charge in [-0.3, -0.25) is 4.79 Å². The molecule has 1 aromatic heterocycles. The lowest BCUT2D eigenvalue weighted by atomic mass is 9.98. The van der Waals surface area contributed by atoms with Crippen molar-refractivity contribution < 1.29 is 31.5 Å². The Kier molecular flexibility index (Phi) is 5.38. The zero-order chi connectivity index (χ0) is 23.0. The lowest BCUT2D eigenvalue weighted by Gasteiger charge is -2.13. The molecule has 0 bridgehead atoms. The van der Waals surface area contributed by atoms with Gasteiger partial charge in [-0.2, -0.15) is 13.2 Å². The highest BCUT2D eigenvalue weighted by atomic mass is 19.4. The summed E-state index contributed by atoms with van der Waals surface area (Å²) in [6.07, 6.45) is -4.52. The quantitative estimate of drug-likeness (QED) is 0.377. The summed E-state index contributed by atoms with van der Waals surface area (Å²) in [6.45, 7) is 0. The molecule has 0 unspecified atom stereocenters. The van der Waals surface area contributed by atoms with E-state index in [9.17, 15) is 22.4 Å². The van der Waals surface area contributed by atoms with Crippen molar-refractivity contribution in [3.05, 3.63) is 77.6 Å². The number of benzene rings is 3. The van der Waals surface area contributed by atoms with Gasteiger partial charge in [-0.1, -0.05) is 6.07 Å². The number of nitrogens with one attached hydrogen (secondary N) is 1. The Balaban J connectivity index is 1.95. The first-order chi connectivity index (χ1) is 15.2. The van der Waals surface area contributed by atoms with E-state index in [4.69, 9.17) is 9.15 Å². The molecule has 0 saturated heterocycles. The second-order valence-electron chi connectivity index (χ2n) is 7.02. The van der Waals surface area contributed by atoms with Crippen LogP contribution >= 0.6 is 0 Å². The number of halogens is 4. The minimum atomic E-state index is -4.52. The number of fused-ring (bicyclic) bond motifs is 1. The van der Waals surface area contributed by atoms with Gasteiger partial charge >= 0.3 is 6.18 Å². The fourth-order valence-electron chi connectivity index (χ4n) is 3.53. The van der Waals surface area contributed by atoms with Gasteiger partial charge in [0.15, 0.2) is 0 Å². The Morgan fingerprint density at radius 2 is 1.66 bits per heavy atom. The Labute approximate surface area is 180 Å². The molecule has 164 valence electrons. The third-order valence-electron chi connectivity index (χ3n) is 5.09. The summed E-state index contributed by atoms with van der Waals surface area (Å²) in [5.74, 6) is -0.407. The maximum atomic E-state index is 13.4. The predicted octanol–water partition coefficient (Wildman–Crippen LogP) is 6.29. The highest BCUT2D eigenvalue weighted by Crippen LogP contribution is 2.40. The van der Waals surface area contributed by atoms with E-state index in [-0.39, 0.29) is 22.6 Å². The van der Waals surface area contributed by atoms with Gasteiger partial charge in [-0.15, -0.1) is 0 Å². The lowest BCUT2D eigenvalue weighted by Crippen LogP contribution is -2.18. The van der Waals surface area contributed by atoms with Crippen molar-refractivity contribution in [2.24, 2.45) is 0 Å². The number of ether oxygens (including phenoxy) is 1. The maximum Gasteiger partial charge on any atom is 0.416 e. The SMILES string of the molecule is CNC(=O)c1c(-c2ccc(F)cc2)oc2ccc(-c3cc(C(F)(F)F)ccc3OC)cc12. The molecule has 1 heterocycles. The molecule has 32 heavy (non-hydrogen) atoms. The van der Waals surface area contributed by atoms with E-state index in [1.165, 1.54) is 44.5 Å². The zero-order valence-corrected chi connectivity index (χ0v) is 17.0. The molecule has 4 nitrogen and oxygen atoms in total. The van der Waals surface area contributed by atoms with E-state index >= 15 is 0 Å². The topological polar surface area (TPSA) is 51.5 Å². The molecule has 8 heteroatoms. The van der Waals surface area contributed by atoms with Crippen LogP contribution in [0, 0.1) is 5.82 Å². The number of carbonyl (C=O) groups excluding carboxylic acids is 1. The van der Waals surface area contributed by atoms with Crippen LogP contribution in [-0.2, 0) is 6.18 Å². The number of carbonyl (C=O) groups is 1. The molecule has 0 atom stereocenters. The van der Waals surface area contributed by atoms with Gasteiger partial charge in [0.2, 0.25) is 0 Å². The van der Waals surface area contributed by atoms with Crippen LogP contribution in [0.15, 0.2) is 65.1 Å². The first-order valence-corrected chi connectivity index (χ1v) is 9.53. The molecule has 0 aliphatic carbocycles. The smallest absolute Gasteiger partial charge is 0.416 e. The van der Waals surface area contributed by atoms with E-state index < -0.39 is 23.5 Å². The monoisotopic (exact) mass is 443 g/mol. The predicted molar refractivity (Wildman–Crippen MR) is 112 cm³/mol. The van der Waals surface area contributed by atoms with Crippen molar-refractivity contribution in [3.8, 4) is 28.2 Å². The fourth-order valence-corrected chi connectivity index (χ4v) is 3.53. The maximum absolute atomic E-state index is 13.4. The number of rotatable bonds is 4. The molecular formula is C24H17F4NO3. The van der Waals surface area contributed by atoms with Gasteiger partial charge in [-0.05, 0) is 60.2 Å². The first-order valence-electron chi connectivity index (χ1n) is 9.53. The van der Waals surface area contributed by atoms with E-state index in [1.807, 2.05) is 0 Å². The van der Waals surface area contributed by atoms with E-state index in [2.05, 4.69) is 5.32 Å². The van der Waals surface area contributed by atoms with Gasteiger partial charge in [0.1, 0.15) is 22.9 Å². The van der Waals surface area contributed by atoms with Crippen molar-refractivity contribution >= 4 is 16.9 Å². The van der Waals surface area contributed by atoms with Crippen LogP contribution in [0.5, 0.6) is 5.75 Å². The van der Waals surface area contributed by atoms with E-state index in [0.29, 0.717) is 22.1 Å². The Bertz CT molecular complexity index is 1310. The lowest BCUT2D eigenvalue weighted by molar-refractivity contribution is -0.137. The normalized spacial score (nSPS) is 11.6. The summed E-state index contributed by atoms with van der Waals surface area (Å²) in [7, 11) is 2.82. The third-order valence-corrected chi connectivity index (χ3v) is 5.09. The molecule has 0 saturated carbocycles. The molecule has 0 fully saturated rings. The van der Waals surface area contributed by atoms with Crippen molar-refractivity contribution in [1.29, 1.82) is 0 Å². The van der Waals surface area contributed by atoms with Gasteiger partial charge in [-0.25, -0.2) is 4.39 Å². The van der Waals surface area contributed by atoms with Crippen LogP contribution < -0.4 is 10.1 Å². The summed E-state index contributed by atoms with van der Waals surface area (Å²) in [6, 6.07) is 13.4. The number of hydrogen-bond donors (Lipinski definition) is 1. The zero-order valence-electron chi connectivity index (χ0n) is 17.0. The van der Waals surface area contributed by atoms with Crippen molar-refractivity contribution in [2.75, 3.05) is 14.2 Å². The number of furan rings is 1. The molecule has 0 aliphatic rings. The second kappa shape index (κ2) is 8.03. The summed E-state index contributed by atoms with van der Waals surface area (Å²) < 4.78 is 64.3. The summed E-state index contributed by atoms with van der Waals surface area (Å²) in [5, 5.41) is 2.95. The van der Waals surface area contributed by atoms with Crippen LogP contribution in [0.3, 0.4) is 0 Å². The van der Waals surface area contributed by atoms with Crippen LogP contribution in [0.1, 0.15) is 15.9 Å². The van der Waals surface area contributed by atoms with Gasteiger partial charge in [0, 0.05) is 23.6 Å². The van der Waals surface area contributed by atoms with Crippen LogP contribution in [0.2, 0.25) is 0 Å². The van der Waals surface area contributed by atoms with E-state index in [0.717, 1.165) is 12.1 Å². The van der Waals surface area contributed by atoms with Gasteiger partial charge in [0.25, 0.3) is 5.91 Å². The largest absolute Gasteiger partial charge is 0.496 e. The van der Waals surface area contributed by atoms with Crippen LogP contribution in [0.25, 0.3) is 33.4 Å². The Morgan fingerprint density at radius 1 is 0.969 bits per heavy atom. The van der Waals surface area contributed by atoms with E-state index in [1.54, 1.807) is 18.2 Å². The first kappa shape index (κ1) is 21.4. The molecule has 3 aromatic carbocycles. The van der Waals surface area contributed by atoms with Gasteiger partial charge < -0.3 is 14.5 Å². The molecule has 4 rings (SSSR count). The number of hydrogen-bond acceptors (Lipinski definition) is 3. The molecule has 4 aromatic rings. The minimum Gasteiger partial charge on any atom is -0.496 e. The Hall–Kier alpha value is -3.81. The average molecular weight is 443 g/mol. The highest BCUT2D eigenvalue weighted by Gasteiger charge is 2.31. The number of methoxy groups -OCH3 is 1. The summed E-state index contributed by atoms with van der Waals surface area (Å²) in [5.41, 5.74) is 0.853. The fraction of sp³-hybridized carbons (Fsp3) is 0.125. The molecule has 0 aliphatic heterocycles. The number of alkyl halides is 3. The molecule has 1 amide bonds. The highest BCUT2D eigenvalue weighted by molar-refractivity contribution is 6.11.